The second kappa shape index (κ2) is 5.02. The van der Waals surface area contributed by atoms with Crippen molar-refractivity contribution in [1.29, 1.82) is 0 Å². The van der Waals surface area contributed by atoms with Crippen molar-refractivity contribution in [2.75, 3.05) is 26.2 Å². The van der Waals surface area contributed by atoms with Gasteiger partial charge in [0.15, 0.2) is 5.78 Å². The molecule has 1 aliphatic heterocycles. The van der Waals surface area contributed by atoms with Crippen molar-refractivity contribution in [3.8, 4) is 0 Å². The highest BCUT2D eigenvalue weighted by molar-refractivity contribution is 5.89. The summed E-state index contributed by atoms with van der Waals surface area (Å²) >= 11 is 0. The van der Waals surface area contributed by atoms with Crippen LogP contribution in [0.1, 0.15) is 19.4 Å². The molecule has 4 heteroatoms. The number of rotatable bonds is 4. The normalized spacial score (nSPS) is 18.2. The maximum absolute atomic E-state index is 12.3. The number of furan rings is 1. The molecule has 1 fully saturated rings. The van der Waals surface area contributed by atoms with Gasteiger partial charge in [0.05, 0.1) is 18.1 Å². The Bertz CT molecular complexity index is 365. The molecule has 0 radical (unpaired) electrons. The van der Waals surface area contributed by atoms with Crippen LogP contribution < -0.4 is 5.32 Å². The van der Waals surface area contributed by atoms with Gasteiger partial charge in [-0.15, -0.1) is 0 Å². The Kier molecular flexibility index (Phi) is 3.64. The highest BCUT2D eigenvalue weighted by Gasteiger charge is 2.34. The van der Waals surface area contributed by atoms with Crippen molar-refractivity contribution < 1.29 is 9.21 Å². The number of hydrogen-bond donors (Lipinski definition) is 1. The molecule has 1 aromatic rings. The zero-order chi connectivity index (χ0) is 12.3. The van der Waals surface area contributed by atoms with E-state index in [1.54, 1.807) is 12.5 Å². The lowest BCUT2D eigenvalue weighted by Crippen LogP contribution is -2.57. The summed E-state index contributed by atoms with van der Waals surface area (Å²) in [5, 5.41) is 3.30. The molecule has 4 nitrogen and oxygen atoms in total. The van der Waals surface area contributed by atoms with E-state index >= 15 is 0 Å². The average molecular weight is 236 g/mol. The van der Waals surface area contributed by atoms with E-state index in [4.69, 9.17) is 4.42 Å². The predicted molar refractivity (Wildman–Crippen MR) is 65.9 cm³/mol. The predicted octanol–water partition coefficient (Wildman–Crippen LogP) is 1.07. The monoisotopic (exact) mass is 236 g/mol. The summed E-state index contributed by atoms with van der Waals surface area (Å²) in [5.41, 5.74) is 0.567. The minimum Gasteiger partial charge on any atom is -0.472 e. The summed E-state index contributed by atoms with van der Waals surface area (Å²) < 4.78 is 5.00. The molecule has 0 spiro atoms. The minimum atomic E-state index is -0.390. The standard InChI is InChI=1S/C13H20N2O2/c1-13(2,15-6-4-14-5-7-15)12(16)9-11-3-8-17-10-11/h3,8,10,14H,4-7,9H2,1-2H3. The summed E-state index contributed by atoms with van der Waals surface area (Å²) in [4.78, 5) is 14.6. The lowest BCUT2D eigenvalue weighted by molar-refractivity contribution is -0.129. The van der Waals surface area contributed by atoms with Gasteiger partial charge in [-0.1, -0.05) is 0 Å². The van der Waals surface area contributed by atoms with E-state index in [2.05, 4.69) is 10.2 Å². The summed E-state index contributed by atoms with van der Waals surface area (Å²) in [6, 6.07) is 1.85. The van der Waals surface area contributed by atoms with Gasteiger partial charge in [0.2, 0.25) is 0 Å². The van der Waals surface area contributed by atoms with E-state index in [1.165, 1.54) is 0 Å². The third-order valence-electron chi connectivity index (χ3n) is 3.53. The van der Waals surface area contributed by atoms with Gasteiger partial charge in [-0.25, -0.2) is 0 Å². The van der Waals surface area contributed by atoms with Crippen LogP contribution in [0.25, 0.3) is 0 Å². The van der Waals surface area contributed by atoms with Crippen LogP contribution in [0.3, 0.4) is 0 Å². The maximum Gasteiger partial charge on any atom is 0.156 e. The summed E-state index contributed by atoms with van der Waals surface area (Å²) in [7, 11) is 0. The molecule has 0 bridgehead atoms. The first-order chi connectivity index (χ1) is 8.10. The third-order valence-corrected chi connectivity index (χ3v) is 3.53. The van der Waals surface area contributed by atoms with Crippen molar-refractivity contribution in [1.82, 2.24) is 10.2 Å². The molecule has 94 valence electrons. The molecule has 1 aromatic heterocycles. The van der Waals surface area contributed by atoms with Gasteiger partial charge >= 0.3 is 0 Å². The zero-order valence-corrected chi connectivity index (χ0v) is 10.5. The van der Waals surface area contributed by atoms with Crippen molar-refractivity contribution in [3.05, 3.63) is 24.2 Å². The fraction of sp³-hybridized carbons (Fsp3) is 0.615. The quantitative estimate of drug-likeness (QED) is 0.849. The Morgan fingerprint density at radius 2 is 2.18 bits per heavy atom. The van der Waals surface area contributed by atoms with E-state index in [-0.39, 0.29) is 11.3 Å². The molecule has 0 saturated carbocycles. The lowest BCUT2D eigenvalue weighted by Gasteiger charge is -2.40. The van der Waals surface area contributed by atoms with Gasteiger partial charge in [-0.2, -0.15) is 0 Å². The maximum atomic E-state index is 12.3. The number of hydrogen-bond acceptors (Lipinski definition) is 4. The molecule has 1 saturated heterocycles. The van der Waals surface area contributed by atoms with Gasteiger partial charge in [-0.3, -0.25) is 9.69 Å². The van der Waals surface area contributed by atoms with Crippen LogP contribution in [-0.4, -0.2) is 42.4 Å². The van der Waals surface area contributed by atoms with Gasteiger partial charge < -0.3 is 9.73 Å². The fourth-order valence-electron chi connectivity index (χ4n) is 2.20. The van der Waals surface area contributed by atoms with E-state index < -0.39 is 0 Å². The van der Waals surface area contributed by atoms with Crippen molar-refractivity contribution in [2.24, 2.45) is 0 Å². The molecule has 2 rings (SSSR count). The SMILES string of the molecule is CC(C)(C(=O)Cc1ccoc1)N1CCNCC1. The van der Waals surface area contributed by atoms with Gasteiger partial charge in [-0.05, 0) is 25.5 Å². The van der Waals surface area contributed by atoms with Crippen molar-refractivity contribution in [2.45, 2.75) is 25.8 Å². The van der Waals surface area contributed by atoms with Crippen LogP contribution in [0, 0.1) is 0 Å². The number of ketones is 1. The van der Waals surface area contributed by atoms with Gasteiger partial charge in [0.1, 0.15) is 0 Å². The van der Waals surface area contributed by atoms with Crippen LogP contribution in [0.15, 0.2) is 23.0 Å². The first-order valence-corrected chi connectivity index (χ1v) is 6.11. The topological polar surface area (TPSA) is 45.5 Å². The smallest absolute Gasteiger partial charge is 0.156 e. The number of carbonyl (C=O) groups excluding carboxylic acids is 1. The summed E-state index contributed by atoms with van der Waals surface area (Å²) in [6.45, 7) is 7.82. The van der Waals surface area contributed by atoms with Crippen LogP contribution >= 0.6 is 0 Å². The largest absolute Gasteiger partial charge is 0.472 e. The van der Waals surface area contributed by atoms with E-state index in [1.807, 2.05) is 19.9 Å². The third kappa shape index (κ3) is 2.76. The Balaban J connectivity index is 2.00. The fourth-order valence-corrected chi connectivity index (χ4v) is 2.20. The molecule has 1 N–H and O–H groups in total. The molecular formula is C13H20N2O2. The van der Waals surface area contributed by atoms with Crippen LogP contribution in [0.4, 0.5) is 0 Å². The molecule has 0 aliphatic carbocycles. The highest BCUT2D eigenvalue weighted by Crippen LogP contribution is 2.19. The van der Waals surface area contributed by atoms with Crippen LogP contribution in [-0.2, 0) is 11.2 Å². The number of nitrogens with zero attached hydrogens (tertiary/aromatic N) is 1. The van der Waals surface area contributed by atoms with Gasteiger partial charge in [0.25, 0.3) is 0 Å². The molecular weight excluding hydrogens is 216 g/mol. The molecule has 0 atom stereocenters. The average Bonchev–Trinajstić information content (AvgIpc) is 2.83. The van der Waals surface area contributed by atoms with Crippen LogP contribution in [0.5, 0.6) is 0 Å². The van der Waals surface area contributed by atoms with Crippen molar-refractivity contribution >= 4 is 5.78 Å². The van der Waals surface area contributed by atoms with Gasteiger partial charge in [0, 0.05) is 32.6 Å². The molecule has 2 heterocycles. The first kappa shape index (κ1) is 12.3. The van der Waals surface area contributed by atoms with E-state index in [9.17, 15) is 4.79 Å². The second-order valence-electron chi connectivity index (χ2n) is 5.03. The zero-order valence-electron chi connectivity index (χ0n) is 10.5. The second-order valence-corrected chi connectivity index (χ2v) is 5.03. The van der Waals surface area contributed by atoms with E-state index in [0.29, 0.717) is 6.42 Å². The number of carbonyl (C=O) groups is 1. The molecule has 1 aliphatic rings. The minimum absolute atomic E-state index is 0.251. The highest BCUT2D eigenvalue weighted by atomic mass is 16.3. The first-order valence-electron chi connectivity index (χ1n) is 6.11. The molecule has 0 amide bonds. The lowest BCUT2D eigenvalue weighted by atomic mass is 9.92. The summed E-state index contributed by atoms with van der Waals surface area (Å²) in [6.07, 6.45) is 3.71. The molecule has 0 aromatic carbocycles. The van der Waals surface area contributed by atoms with E-state index in [0.717, 1.165) is 31.7 Å². The Morgan fingerprint density at radius 1 is 1.47 bits per heavy atom. The summed E-state index contributed by atoms with van der Waals surface area (Å²) in [5.74, 6) is 0.251. The Labute approximate surface area is 102 Å². The number of nitrogens with one attached hydrogen (secondary N) is 1. The van der Waals surface area contributed by atoms with Crippen LogP contribution in [0.2, 0.25) is 0 Å². The van der Waals surface area contributed by atoms with Crippen molar-refractivity contribution in [3.63, 3.8) is 0 Å². The Morgan fingerprint density at radius 3 is 2.76 bits per heavy atom. The Hall–Kier alpha value is -1.13. The molecule has 17 heavy (non-hydrogen) atoms. The number of piperazine rings is 1. The number of Topliss-reactive ketones (excluding diaryl/α,β-unsaturated/α-hetero) is 1. The molecule has 0 unspecified atom stereocenters.